The van der Waals surface area contributed by atoms with Crippen LogP contribution in [-0.2, 0) is 9.16 Å². The Kier molecular flexibility index (Phi) is 6.23. The van der Waals surface area contributed by atoms with Crippen LogP contribution in [0.25, 0.3) is 0 Å². The van der Waals surface area contributed by atoms with Crippen LogP contribution < -0.4 is 0 Å². The summed E-state index contributed by atoms with van der Waals surface area (Å²) >= 11 is 0. The molecular formula is C17H32O2Si. The fraction of sp³-hybridized carbons (Fsp3) is 0.765. The average molecular weight is 297 g/mol. The second-order valence-corrected chi connectivity index (χ2v) is 12.2. The summed E-state index contributed by atoms with van der Waals surface area (Å²) in [7, 11) is -1.75. The highest BCUT2D eigenvalue weighted by atomic mass is 28.4. The summed E-state index contributed by atoms with van der Waals surface area (Å²) < 4.78 is 12.5. The molecule has 0 spiro atoms. The van der Waals surface area contributed by atoms with Gasteiger partial charge in [0.15, 0.2) is 8.32 Å². The molecule has 0 aromatic heterocycles. The quantitative estimate of drug-likeness (QED) is 0.370. The van der Waals surface area contributed by atoms with E-state index in [1.165, 1.54) is 5.57 Å². The van der Waals surface area contributed by atoms with Crippen molar-refractivity contribution in [2.45, 2.75) is 77.3 Å². The lowest BCUT2D eigenvalue weighted by Gasteiger charge is -2.40. The molecule has 1 aliphatic rings. The highest BCUT2D eigenvalue weighted by molar-refractivity contribution is 6.74. The minimum Gasteiger partial charge on any atom is -0.411 e. The lowest BCUT2D eigenvalue weighted by atomic mass is 10.1. The third kappa shape index (κ3) is 4.87. The molecule has 2 atom stereocenters. The fourth-order valence-electron chi connectivity index (χ4n) is 2.13. The molecule has 116 valence electrons. The Bertz CT molecular complexity index is 352. The molecule has 0 saturated carbocycles. The first-order valence-corrected chi connectivity index (χ1v) is 10.7. The van der Waals surface area contributed by atoms with E-state index in [4.69, 9.17) is 9.16 Å². The van der Waals surface area contributed by atoms with E-state index >= 15 is 0 Å². The SMILES string of the molecule is C=CCCC[C@H](O[Si](C)(C)C(C)(C)C)[C@H]1C=C(C)CO1. The predicted octanol–water partition coefficient (Wildman–Crippen LogP) is 5.08. The topological polar surface area (TPSA) is 18.5 Å². The smallest absolute Gasteiger partial charge is 0.192 e. The molecule has 0 aromatic carbocycles. The van der Waals surface area contributed by atoms with Crippen LogP contribution in [0.5, 0.6) is 0 Å². The summed E-state index contributed by atoms with van der Waals surface area (Å²) in [5.41, 5.74) is 1.32. The van der Waals surface area contributed by atoms with Gasteiger partial charge in [-0.25, -0.2) is 0 Å². The first kappa shape index (κ1) is 17.7. The molecule has 0 N–H and O–H groups in total. The number of hydrogen-bond acceptors (Lipinski definition) is 2. The Morgan fingerprint density at radius 2 is 2.15 bits per heavy atom. The van der Waals surface area contributed by atoms with Gasteiger partial charge in [0, 0.05) is 0 Å². The van der Waals surface area contributed by atoms with Crippen molar-refractivity contribution < 1.29 is 9.16 Å². The zero-order chi connectivity index (χ0) is 15.4. The van der Waals surface area contributed by atoms with Crippen LogP contribution in [0.1, 0.15) is 47.0 Å². The van der Waals surface area contributed by atoms with Crippen molar-refractivity contribution in [1.82, 2.24) is 0 Å². The summed E-state index contributed by atoms with van der Waals surface area (Å²) in [5.74, 6) is 0. The minimum absolute atomic E-state index is 0.133. The van der Waals surface area contributed by atoms with Gasteiger partial charge in [0.05, 0.1) is 12.7 Å². The molecule has 0 fully saturated rings. The summed E-state index contributed by atoms with van der Waals surface area (Å²) in [4.78, 5) is 0. The third-order valence-electron chi connectivity index (χ3n) is 4.47. The van der Waals surface area contributed by atoms with E-state index in [0.29, 0.717) is 0 Å². The van der Waals surface area contributed by atoms with E-state index in [1.807, 2.05) is 6.08 Å². The van der Waals surface area contributed by atoms with Gasteiger partial charge in [-0.3, -0.25) is 0 Å². The van der Waals surface area contributed by atoms with Gasteiger partial charge in [-0.1, -0.05) is 32.9 Å². The van der Waals surface area contributed by atoms with Crippen molar-refractivity contribution >= 4 is 8.32 Å². The van der Waals surface area contributed by atoms with Crippen molar-refractivity contribution in [3.63, 3.8) is 0 Å². The number of ether oxygens (including phenoxy) is 1. The Morgan fingerprint density at radius 3 is 2.60 bits per heavy atom. The van der Waals surface area contributed by atoms with Crippen molar-refractivity contribution in [2.24, 2.45) is 0 Å². The first-order valence-electron chi connectivity index (χ1n) is 7.75. The number of unbranched alkanes of at least 4 members (excludes halogenated alkanes) is 1. The minimum atomic E-state index is -1.75. The lowest BCUT2D eigenvalue weighted by molar-refractivity contribution is 0.0144. The summed E-state index contributed by atoms with van der Waals surface area (Å²) in [5, 5.41) is 0.237. The molecule has 1 aliphatic heterocycles. The Labute approximate surface area is 126 Å². The van der Waals surface area contributed by atoms with Crippen LogP contribution in [0.15, 0.2) is 24.3 Å². The molecule has 0 unspecified atom stereocenters. The first-order chi connectivity index (χ1) is 9.17. The van der Waals surface area contributed by atoms with Crippen molar-refractivity contribution in [3.05, 3.63) is 24.3 Å². The molecular weight excluding hydrogens is 264 g/mol. The average Bonchev–Trinajstić information content (AvgIpc) is 2.73. The molecule has 0 bridgehead atoms. The van der Waals surface area contributed by atoms with Crippen LogP contribution in [0, 0.1) is 0 Å². The van der Waals surface area contributed by atoms with Gasteiger partial charge in [0.1, 0.15) is 6.10 Å². The molecule has 0 radical (unpaired) electrons. The van der Waals surface area contributed by atoms with Gasteiger partial charge in [-0.2, -0.15) is 0 Å². The molecule has 0 aliphatic carbocycles. The van der Waals surface area contributed by atoms with E-state index in [2.05, 4.69) is 53.4 Å². The van der Waals surface area contributed by atoms with Crippen LogP contribution in [0.3, 0.4) is 0 Å². The molecule has 0 saturated heterocycles. The van der Waals surface area contributed by atoms with E-state index in [9.17, 15) is 0 Å². The summed E-state index contributed by atoms with van der Waals surface area (Å²) in [6.45, 7) is 18.2. The lowest BCUT2D eigenvalue weighted by Crippen LogP contribution is -2.46. The largest absolute Gasteiger partial charge is 0.411 e. The maximum Gasteiger partial charge on any atom is 0.192 e. The van der Waals surface area contributed by atoms with Crippen LogP contribution in [0.2, 0.25) is 18.1 Å². The van der Waals surface area contributed by atoms with Crippen molar-refractivity contribution in [3.8, 4) is 0 Å². The number of allylic oxidation sites excluding steroid dienone is 1. The summed E-state index contributed by atoms with van der Waals surface area (Å²) in [6.07, 6.45) is 7.77. The number of rotatable bonds is 7. The Balaban J connectivity index is 2.74. The van der Waals surface area contributed by atoms with Gasteiger partial charge in [-0.15, -0.1) is 6.58 Å². The van der Waals surface area contributed by atoms with E-state index in [1.54, 1.807) is 0 Å². The maximum atomic E-state index is 6.62. The third-order valence-corrected chi connectivity index (χ3v) is 8.97. The monoisotopic (exact) mass is 296 g/mol. The van der Waals surface area contributed by atoms with Gasteiger partial charge in [0.2, 0.25) is 0 Å². The van der Waals surface area contributed by atoms with Gasteiger partial charge >= 0.3 is 0 Å². The highest BCUT2D eigenvalue weighted by Gasteiger charge is 2.41. The van der Waals surface area contributed by atoms with Crippen LogP contribution in [0.4, 0.5) is 0 Å². The standard InChI is InChI=1S/C17H32O2Si/c1-8-9-10-11-15(16-12-14(2)13-18-16)19-20(6,7)17(3,4)5/h8,12,15-16H,1,9-11,13H2,2-7H3/t15-,16+/m0/s1. The Morgan fingerprint density at radius 1 is 1.50 bits per heavy atom. The van der Waals surface area contributed by atoms with E-state index < -0.39 is 8.32 Å². The molecule has 20 heavy (non-hydrogen) atoms. The van der Waals surface area contributed by atoms with Gasteiger partial charge in [0.25, 0.3) is 0 Å². The van der Waals surface area contributed by atoms with Gasteiger partial charge < -0.3 is 9.16 Å². The zero-order valence-electron chi connectivity index (χ0n) is 14.2. The van der Waals surface area contributed by atoms with E-state index in [0.717, 1.165) is 25.9 Å². The molecule has 3 heteroatoms. The van der Waals surface area contributed by atoms with Crippen LogP contribution >= 0.6 is 0 Å². The molecule has 0 aromatic rings. The second kappa shape index (κ2) is 7.06. The zero-order valence-corrected chi connectivity index (χ0v) is 15.2. The normalized spacial score (nSPS) is 21.7. The molecule has 1 rings (SSSR count). The Hall–Kier alpha value is -0.383. The van der Waals surface area contributed by atoms with Gasteiger partial charge in [-0.05, 0) is 49.9 Å². The van der Waals surface area contributed by atoms with Crippen molar-refractivity contribution in [2.75, 3.05) is 6.61 Å². The van der Waals surface area contributed by atoms with Crippen molar-refractivity contribution in [1.29, 1.82) is 0 Å². The van der Waals surface area contributed by atoms with E-state index in [-0.39, 0.29) is 17.2 Å². The maximum absolute atomic E-state index is 6.62. The van der Waals surface area contributed by atoms with Crippen LogP contribution in [-0.4, -0.2) is 27.1 Å². The molecule has 1 heterocycles. The second-order valence-electron chi connectivity index (χ2n) is 7.42. The predicted molar refractivity (Wildman–Crippen MR) is 89.6 cm³/mol. The molecule has 0 amide bonds. The molecule has 2 nitrogen and oxygen atoms in total. The highest BCUT2D eigenvalue weighted by Crippen LogP contribution is 2.38. The fourth-order valence-corrected chi connectivity index (χ4v) is 3.49. The summed E-state index contributed by atoms with van der Waals surface area (Å²) in [6, 6.07) is 0. The number of hydrogen-bond donors (Lipinski definition) is 0.